The van der Waals surface area contributed by atoms with E-state index in [0.29, 0.717) is 39.0 Å². The number of likely N-dealkylation sites (tertiary alicyclic amines) is 4. The molecule has 2 amide bonds. The molecule has 0 bridgehead atoms. The number of carbonyl (C=O) groups excluding carboxylic acids is 2. The van der Waals surface area contributed by atoms with Crippen molar-refractivity contribution in [1.82, 2.24) is 39.5 Å². The van der Waals surface area contributed by atoms with Crippen LogP contribution in [0.3, 0.4) is 0 Å². The Labute approximate surface area is 361 Å². The zero-order chi connectivity index (χ0) is 42.2. The van der Waals surface area contributed by atoms with Crippen LogP contribution in [0.2, 0.25) is 0 Å². The number of H-pyrrole nitrogens is 2. The van der Waals surface area contributed by atoms with Gasteiger partial charge in [-0.2, -0.15) is 0 Å². The van der Waals surface area contributed by atoms with Gasteiger partial charge in [0.2, 0.25) is 11.8 Å². The summed E-state index contributed by atoms with van der Waals surface area (Å²) in [5.41, 5.74) is 7.72. The summed E-state index contributed by atoms with van der Waals surface area (Å²) in [5, 5.41) is 0. The maximum atomic E-state index is 14.4. The summed E-state index contributed by atoms with van der Waals surface area (Å²) in [6.45, 7) is 2.94. The molecule has 0 radical (unpaired) electrons. The van der Waals surface area contributed by atoms with E-state index in [2.05, 4.69) is 58.5 Å². The van der Waals surface area contributed by atoms with Gasteiger partial charge < -0.3 is 19.8 Å². The topological polar surface area (TPSA) is 104 Å². The predicted molar refractivity (Wildman–Crippen MR) is 235 cm³/mol. The smallest absolute Gasteiger partial charge is 0.245 e. The molecule has 4 aromatic carbocycles. The Balaban J connectivity index is 0.805. The number of aromatic amines is 2. The fourth-order valence-corrected chi connectivity index (χ4v) is 10.2. The number of hydrogen-bond acceptors (Lipinski definition) is 6. The number of imidazole rings is 2. The van der Waals surface area contributed by atoms with E-state index < -0.39 is 24.4 Å². The minimum absolute atomic E-state index is 0.00547. The second-order valence-corrected chi connectivity index (χ2v) is 17.3. The van der Waals surface area contributed by atoms with Gasteiger partial charge in [0.05, 0.1) is 35.9 Å². The Morgan fingerprint density at radius 1 is 0.516 bits per heavy atom. The van der Waals surface area contributed by atoms with E-state index >= 15 is 0 Å². The number of benzene rings is 4. The largest absolute Gasteiger partial charge is 0.340 e. The SMILES string of the molecule is O=C(C(c1ccccc1)N1CC[C@H](F)C1)N1CCC[C@H]1c1ncc(-c2ccc(-c3ccc(-c4cnc([C@@H]5CCCN5C(=O)C(c5ccccc5)N5CC[C@H](F)C5)[nH]4)cc3)cc2)[nH]1. The van der Waals surface area contributed by atoms with E-state index in [9.17, 15) is 18.4 Å². The van der Waals surface area contributed by atoms with Gasteiger partial charge in [-0.25, -0.2) is 18.7 Å². The first-order valence-electron chi connectivity index (χ1n) is 22.2. The molecule has 12 heteroatoms. The van der Waals surface area contributed by atoms with Gasteiger partial charge in [-0.05, 0) is 71.9 Å². The third-order valence-corrected chi connectivity index (χ3v) is 13.4. The number of aromatic nitrogens is 4. The van der Waals surface area contributed by atoms with E-state index in [1.54, 1.807) is 0 Å². The molecule has 0 spiro atoms. The Kier molecular flexibility index (Phi) is 11.3. The lowest BCUT2D eigenvalue weighted by Crippen LogP contribution is -2.42. The van der Waals surface area contributed by atoms with Crippen LogP contribution in [0.15, 0.2) is 122 Å². The van der Waals surface area contributed by atoms with Crippen molar-refractivity contribution in [3.05, 3.63) is 144 Å². The fraction of sp³-hybridized carbons (Fsp3) is 0.360. The first kappa shape index (κ1) is 40.1. The number of halogens is 2. The van der Waals surface area contributed by atoms with E-state index in [0.717, 1.165) is 82.1 Å². The van der Waals surface area contributed by atoms with Crippen molar-refractivity contribution < 1.29 is 18.4 Å². The Bertz CT molecular complexity index is 2300. The Morgan fingerprint density at radius 2 is 0.903 bits per heavy atom. The zero-order valence-electron chi connectivity index (χ0n) is 34.8. The van der Waals surface area contributed by atoms with Gasteiger partial charge in [-0.15, -0.1) is 0 Å². The second kappa shape index (κ2) is 17.4. The summed E-state index contributed by atoms with van der Waals surface area (Å²) in [4.78, 5) is 53.0. The third kappa shape index (κ3) is 7.97. The van der Waals surface area contributed by atoms with Crippen LogP contribution in [0.4, 0.5) is 8.78 Å². The number of rotatable bonds is 11. The highest BCUT2D eigenvalue weighted by Crippen LogP contribution is 2.39. The molecular formula is C50H52F2N8O2. The lowest BCUT2D eigenvalue weighted by atomic mass is 10.0. The van der Waals surface area contributed by atoms with Crippen LogP contribution >= 0.6 is 0 Å². The van der Waals surface area contributed by atoms with Gasteiger partial charge >= 0.3 is 0 Å². The normalized spacial score (nSPS) is 23.0. The van der Waals surface area contributed by atoms with Crippen LogP contribution in [0, 0.1) is 0 Å². The van der Waals surface area contributed by atoms with E-state index in [1.807, 2.05) is 92.7 Å². The summed E-state index contributed by atoms with van der Waals surface area (Å²) in [6.07, 6.45) is 6.15. The lowest BCUT2D eigenvalue weighted by molar-refractivity contribution is -0.139. The number of alkyl halides is 2. The molecule has 6 heterocycles. The molecule has 2 N–H and O–H groups in total. The molecule has 4 aliphatic heterocycles. The predicted octanol–water partition coefficient (Wildman–Crippen LogP) is 9.03. The Morgan fingerprint density at radius 3 is 1.27 bits per heavy atom. The molecule has 0 aliphatic carbocycles. The van der Waals surface area contributed by atoms with Crippen molar-refractivity contribution in [3.8, 4) is 33.6 Å². The number of carbonyl (C=O) groups is 2. The average molecular weight is 835 g/mol. The number of amides is 2. The van der Waals surface area contributed by atoms with Crippen LogP contribution in [0.1, 0.15) is 85.5 Å². The number of hydrogen-bond donors (Lipinski definition) is 2. The molecule has 0 saturated carbocycles. The molecule has 10 rings (SSSR count). The standard InChI is InChI=1S/C50H52F2N8O2/c51-39-23-27-57(31-39)45(37-9-3-1-4-10-37)49(61)59-25-7-13-43(59)47-53-29-41(55-47)35-19-15-33(16-20-35)34-17-21-36(22-18-34)42-30-54-48(56-42)44-14-8-26-60(44)50(62)46(38-11-5-2-6-12-38)58-28-24-40(52)32-58/h1-6,9-12,15-22,29-30,39-40,43-46H,7-8,13-14,23-28,31-32H2,(H,53,55)(H,54,56)/t39-,40-,43-,44-,45?,46?/m0/s1. The quantitative estimate of drug-likeness (QED) is 0.135. The minimum atomic E-state index is -0.915. The van der Waals surface area contributed by atoms with Crippen LogP contribution < -0.4 is 0 Å². The van der Waals surface area contributed by atoms with Gasteiger partial charge in [-0.1, -0.05) is 109 Å². The molecule has 318 valence electrons. The molecule has 2 unspecified atom stereocenters. The van der Waals surface area contributed by atoms with Crippen molar-refractivity contribution in [2.45, 2.75) is 75.0 Å². The number of nitrogens with one attached hydrogen (secondary N) is 2. The van der Waals surface area contributed by atoms with Gasteiger partial charge in [0.25, 0.3) is 0 Å². The maximum absolute atomic E-state index is 14.4. The van der Waals surface area contributed by atoms with Crippen LogP contribution in [0.25, 0.3) is 33.6 Å². The lowest BCUT2D eigenvalue weighted by Gasteiger charge is -2.33. The highest BCUT2D eigenvalue weighted by atomic mass is 19.1. The molecule has 4 aliphatic rings. The van der Waals surface area contributed by atoms with Crippen molar-refractivity contribution in [3.63, 3.8) is 0 Å². The summed E-state index contributed by atoms with van der Waals surface area (Å²) in [6, 6.07) is 34.9. The number of nitrogens with zero attached hydrogens (tertiary/aromatic N) is 6. The van der Waals surface area contributed by atoms with Crippen molar-refractivity contribution in [2.24, 2.45) is 0 Å². The molecule has 62 heavy (non-hydrogen) atoms. The van der Waals surface area contributed by atoms with Gasteiger partial charge in [0.15, 0.2) is 0 Å². The van der Waals surface area contributed by atoms with Crippen molar-refractivity contribution in [1.29, 1.82) is 0 Å². The third-order valence-electron chi connectivity index (χ3n) is 13.4. The highest BCUT2D eigenvalue weighted by Gasteiger charge is 2.42. The average Bonchev–Trinajstić information content (AvgIpc) is 4.17. The molecule has 2 aromatic heterocycles. The Hall–Kier alpha value is -5.98. The van der Waals surface area contributed by atoms with Gasteiger partial charge in [-0.3, -0.25) is 19.4 Å². The summed E-state index contributed by atoms with van der Waals surface area (Å²) < 4.78 is 28.7. The molecule has 6 aromatic rings. The zero-order valence-corrected chi connectivity index (χ0v) is 34.8. The molecule has 6 atom stereocenters. The first-order valence-corrected chi connectivity index (χ1v) is 22.2. The van der Waals surface area contributed by atoms with Crippen LogP contribution in [0.5, 0.6) is 0 Å². The highest BCUT2D eigenvalue weighted by molar-refractivity contribution is 5.85. The minimum Gasteiger partial charge on any atom is -0.340 e. The fourth-order valence-electron chi connectivity index (χ4n) is 10.2. The monoisotopic (exact) mass is 834 g/mol. The molecule has 10 nitrogen and oxygen atoms in total. The molecular weight excluding hydrogens is 783 g/mol. The van der Waals surface area contributed by atoms with Gasteiger partial charge in [0.1, 0.15) is 36.1 Å². The van der Waals surface area contributed by atoms with Crippen LogP contribution in [-0.2, 0) is 9.59 Å². The van der Waals surface area contributed by atoms with E-state index in [4.69, 9.17) is 9.97 Å². The van der Waals surface area contributed by atoms with Crippen molar-refractivity contribution in [2.75, 3.05) is 39.3 Å². The van der Waals surface area contributed by atoms with Gasteiger partial charge in [0, 0.05) is 39.3 Å². The van der Waals surface area contributed by atoms with E-state index in [-0.39, 0.29) is 37.0 Å². The summed E-state index contributed by atoms with van der Waals surface area (Å²) in [5.74, 6) is 1.55. The first-order chi connectivity index (χ1) is 30.4. The summed E-state index contributed by atoms with van der Waals surface area (Å²) >= 11 is 0. The second-order valence-electron chi connectivity index (χ2n) is 17.3. The summed E-state index contributed by atoms with van der Waals surface area (Å²) in [7, 11) is 0. The van der Waals surface area contributed by atoms with E-state index in [1.165, 1.54) is 0 Å². The molecule has 4 saturated heterocycles. The van der Waals surface area contributed by atoms with Crippen molar-refractivity contribution >= 4 is 11.8 Å². The maximum Gasteiger partial charge on any atom is 0.245 e. The molecule has 4 fully saturated rings. The van der Waals surface area contributed by atoms with Crippen LogP contribution in [-0.4, -0.2) is 103 Å².